The summed E-state index contributed by atoms with van der Waals surface area (Å²) in [6, 6.07) is -0.330. The predicted octanol–water partition coefficient (Wildman–Crippen LogP) is -4.18. The van der Waals surface area contributed by atoms with Crippen molar-refractivity contribution < 1.29 is 54.2 Å². The zero-order chi connectivity index (χ0) is 16.7. The second kappa shape index (κ2) is 7.57. The molecule has 0 aromatic carbocycles. The Morgan fingerprint density at radius 3 is 2.57 bits per heavy atom. The van der Waals surface area contributed by atoms with Crippen LogP contribution in [0.5, 0.6) is 0 Å². The number of β-lactam (4-membered cyclic amide) rings is 1. The molecule has 2 heterocycles. The Balaban J connectivity index is 0.00000264. The van der Waals surface area contributed by atoms with Crippen LogP contribution in [0.25, 0.3) is 0 Å². The summed E-state index contributed by atoms with van der Waals surface area (Å²) in [5, 5.41) is 24.0. The Morgan fingerprint density at radius 1 is 1.48 bits per heavy atom. The van der Waals surface area contributed by atoms with Crippen LogP contribution in [0.1, 0.15) is 27.2 Å². The molecule has 0 saturated carbocycles. The number of aliphatic hydroxyl groups is 1. The van der Waals surface area contributed by atoms with Crippen molar-refractivity contribution in [2.75, 3.05) is 12.3 Å². The largest absolute Gasteiger partial charge is 1.00 e. The third-order valence-electron chi connectivity index (χ3n) is 3.83. The molecular formula is C14H19N2NaO5S. The molecule has 2 rings (SSSR count). The monoisotopic (exact) mass is 350 g/mol. The number of carbonyl (C=O) groups excluding carboxylic acids is 3. The summed E-state index contributed by atoms with van der Waals surface area (Å²) in [6.07, 6.45) is 0.397. The number of carbonyl (C=O) groups is 3. The Labute approximate surface area is 161 Å². The number of carboxylic acid groups (broad SMARTS) is 1. The molecule has 9 heteroatoms. The average Bonchev–Trinajstić information content (AvgIpc) is 2.67. The number of amides is 2. The van der Waals surface area contributed by atoms with E-state index >= 15 is 0 Å². The maximum Gasteiger partial charge on any atom is 1.00 e. The molecule has 2 aliphatic rings. The molecule has 0 aromatic heterocycles. The molecule has 1 saturated heterocycles. The molecule has 122 valence electrons. The first-order valence-electron chi connectivity index (χ1n) is 7.01. The van der Waals surface area contributed by atoms with E-state index in [1.165, 1.54) is 23.6 Å². The molecule has 7 nitrogen and oxygen atoms in total. The maximum absolute atomic E-state index is 12.1. The number of rotatable bonds is 6. The fourth-order valence-electron chi connectivity index (χ4n) is 2.96. The number of thioether (sulfide) groups is 1. The SMILES string of the molecule is CC(=O)NCCSC1=C(C(=O)[O-])N2C(=O)[C@H](C(C)(C)O)[C@H]2C1.[Na+]. The van der Waals surface area contributed by atoms with E-state index in [9.17, 15) is 24.6 Å². The molecule has 2 N–H and O–H groups in total. The van der Waals surface area contributed by atoms with Gasteiger partial charge in [0.05, 0.1) is 29.2 Å². The normalized spacial score (nSPS) is 23.1. The van der Waals surface area contributed by atoms with Crippen molar-refractivity contribution in [2.24, 2.45) is 5.92 Å². The van der Waals surface area contributed by atoms with Gasteiger partial charge in [0.25, 0.3) is 0 Å². The van der Waals surface area contributed by atoms with Crippen molar-refractivity contribution in [1.82, 2.24) is 10.2 Å². The Bertz CT molecular complexity index is 558. The molecule has 0 spiro atoms. The predicted molar refractivity (Wildman–Crippen MR) is 78.2 cm³/mol. The van der Waals surface area contributed by atoms with E-state index < -0.39 is 17.5 Å². The molecule has 0 radical (unpaired) electrons. The molecule has 2 amide bonds. The minimum Gasteiger partial charge on any atom is -0.543 e. The molecule has 0 aromatic rings. The maximum atomic E-state index is 12.1. The molecule has 2 aliphatic heterocycles. The minimum atomic E-state index is -1.38. The van der Waals surface area contributed by atoms with E-state index in [2.05, 4.69) is 5.32 Å². The topological polar surface area (TPSA) is 110 Å². The van der Waals surface area contributed by atoms with Gasteiger partial charge in [-0.3, -0.25) is 9.59 Å². The van der Waals surface area contributed by atoms with E-state index in [1.807, 2.05) is 0 Å². The van der Waals surface area contributed by atoms with Gasteiger partial charge in [0, 0.05) is 30.5 Å². The second-order valence-electron chi connectivity index (χ2n) is 6.00. The summed E-state index contributed by atoms with van der Waals surface area (Å²) in [7, 11) is 0. The summed E-state index contributed by atoms with van der Waals surface area (Å²) >= 11 is 1.29. The number of hydrogen-bond donors (Lipinski definition) is 2. The van der Waals surface area contributed by atoms with Gasteiger partial charge in [-0.2, -0.15) is 0 Å². The van der Waals surface area contributed by atoms with Crippen molar-refractivity contribution in [1.29, 1.82) is 0 Å². The minimum absolute atomic E-state index is 0. The third kappa shape index (κ3) is 4.11. The Morgan fingerprint density at radius 2 is 2.09 bits per heavy atom. The summed E-state index contributed by atoms with van der Waals surface area (Å²) in [5.41, 5.74) is -1.28. The molecule has 1 fully saturated rings. The number of fused-ring (bicyclic) bond motifs is 1. The first kappa shape index (κ1) is 20.5. The van der Waals surface area contributed by atoms with Crippen molar-refractivity contribution in [3.63, 3.8) is 0 Å². The smallest absolute Gasteiger partial charge is 0.543 e. The zero-order valence-electron chi connectivity index (χ0n) is 13.7. The second-order valence-corrected chi connectivity index (χ2v) is 7.19. The number of aliphatic carboxylic acids is 1. The van der Waals surface area contributed by atoms with Gasteiger partial charge in [-0.25, -0.2) is 0 Å². The molecular weight excluding hydrogens is 331 g/mol. The van der Waals surface area contributed by atoms with Crippen molar-refractivity contribution >= 4 is 29.5 Å². The standard InChI is InChI=1S/C14H20N2O5S.Na/c1-7(17)15-4-5-22-9-6-8-10(14(2,3)21)12(18)16(8)11(9)13(19)20;/h8,10,21H,4-6H2,1-3H3,(H,15,17)(H,19,20);/q;+1/p-1/t8-,10-;/m1./s1. The van der Waals surface area contributed by atoms with E-state index in [1.54, 1.807) is 13.8 Å². The van der Waals surface area contributed by atoms with Crippen molar-refractivity contribution in [3.05, 3.63) is 10.6 Å². The quantitative estimate of drug-likeness (QED) is 0.286. The fraction of sp³-hybridized carbons (Fsp3) is 0.643. The summed E-state index contributed by atoms with van der Waals surface area (Å²) < 4.78 is 0. The van der Waals surface area contributed by atoms with Gasteiger partial charge in [-0.15, -0.1) is 11.8 Å². The van der Waals surface area contributed by atoms with Gasteiger partial charge in [-0.05, 0) is 13.8 Å². The fourth-order valence-corrected chi connectivity index (χ4v) is 4.02. The van der Waals surface area contributed by atoms with Gasteiger partial charge in [-0.1, -0.05) is 0 Å². The molecule has 0 bridgehead atoms. The summed E-state index contributed by atoms with van der Waals surface area (Å²) in [6.45, 7) is 4.92. The molecule has 0 aliphatic carbocycles. The van der Waals surface area contributed by atoms with E-state index in [-0.39, 0.29) is 53.1 Å². The molecule has 23 heavy (non-hydrogen) atoms. The van der Waals surface area contributed by atoms with Crippen LogP contribution in [0.15, 0.2) is 10.6 Å². The van der Waals surface area contributed by atoms with Gasteiger partial charge in [0.2, 0.25) is 11.8 Å². The summed E-state index contributed by atoms with van der Waals surface area (Å²) in [4.78, 5) is 36.1. The van der Waals surface area contributed by atoms with Crippen LogP contribution in [-0.2, 0) is 14.4 Å². The Hall–Kier alpha value is -0.540. The van der Waals surface area contributed by atoms with Gasteiger partial charge >= 0.3 is 29.6 Å². The third-order valence-corrected chi connectivity index (χ3v) is 4.94. The number of nitrogens with one attached hydrogen (secondary N) is 1. The number of carboxylic acids is 1. The van der Waals surface area contributed by atoms with Gasteiger partial charge in [0.1, 0.15) is 0 Å². The van der Waals surface area contributed by atoms with Crippen LogP contribution in [0.2, 0.25) is 0 Å². The van der Waals surface area contributed by atoms with Crippen LogP contribution in [0, 0.1) is 5.92 Å². The number of hydrogen-bond acceptors (Lipinski definition) is 6. The number of nitrogens with zero attached hydrogens (tertiary/aromatic N) is 1. The zero-order valence-corrected chi connectivity index (χ0v) is 16.5. The van der Waals surface area contributed by atoms with Crippen LogP contribution in [0.3, 0.4) is 0 Å². The van der Waals surface area contributed by atoms with Crippen LogP contribution in [0.4, 0.5) is 0 Å². The van der Waals surface area contributed by atoms with Crippen molar-refractivity contribution in [2.45, 2.75) is 38.8 Å². The van der Waals surface area contributed by atoms with Crippen LogP contribution in [-0.4, -0.2) is 51.7 Å². The van der Waals surface area contributed by atoms with Gasteiger partial charge < -0.3 is 25.2 Å². The molecule has 2 atom stereocenters. The van der Waals surface area contributed by atoms with Crippen LogP contribution >= 0.6 is 11.8 Å². The summed E-state index contributed by atoms with van der Waals surface area (Å²) in [5.74, 6) is -2.01. The molecule has 0 unspecified atom stereocenters. The van der Waals surface area contributed by atoms with Gasteiger partial charge in [0.15, 0.2) is 0 Å². The van der Waals surface area contributed by atoms with Crippen molar-refractivity contribution in [3.8, 4) is 0 Å². The van der Waals surface area contributed by atoms with E-state index in [0.29, 0.717) is 23.6 Å². The van der Waals surface area contributed by atoms with E-state index in [4.69, 9.17) is 0 Å². The van der Waals surface area contributed by atoms with Crippen LogP contribution < -0.4 is 40.0 Å². The Kier molecular flexibility index (Phi) is 6.74. The first-order valence-corrected chi connectivity index (χ1v) is 8.00. The first-order chi connectivity index (χ1) is 10.1. The average molecular weight is 350 g/mol. The van der Waals surface area contributed by atoms with E-state index in [0.717, 1.165) is 0 Å².